The Labute approximate surface area is 144 Å². The third kappa shape index (κ3) is 2.29. The number of methoxy groups -OCH3 is 1. The second kappa shape index (κ2) is 5.73. The Kier molecular flexibility index (Phi) is 3.52. The van der Waals surface area contributed by atoms with E-state index in [0.29, 0.717) is 24.5 Å². The first kappa shape index (κ1) is 15.4. The molecule has 4 rings (SSSR count). The highest BCUT2D eigenvalue weighted by atomic mass is 16.5. The van der Waals surface area contributed by atoms with Crippen LogP contribution in [0.15, 0.2) is 24.5 Å². The van der Waals surface area contributed by atoms with Gasteiger partial charge in [0.15, 0.2) is 5.69 Å². The molecule has 0 amide bonds. The fourth-order valence-electron chi connectivity index (χ4n) is 3.06. The van der Waals surface area contributed by atoms with Crippen molar-refractivity contribution < 1.29 is 14.3 Å². The lowest BCUT2D eigenvalue weighted by atomic mass is 10.1. The van der Waals surface area contributed by atoms with Gasteiger partial charge in [-0.2, -0.15) is 0 Å². The molecule has 0 saturated heterocycles. The summed E-state index contributed by atoms with van der Waals surface area (Å²) in [7, 11) is 1.62. The van der Waals surface area contributed by atoms with Crippen LogP contribution < -0.4 is 4.74 Å². The number of carbonyl (C=O) groups is 1. The molecule has 8 nitrogen and oxygen atoms in total. The minimum Gasteiger partial charge on any atom is -0.497 e. The second-order valence-electron chi connectivity index (χ2n) is 5.70. The molecule has 1 aliphatic rings. The Morgan fingerprint density at radius 3 is 2.88 bits per heavy atom. The first-order valence-electron chi connectivity index (χ1n) is 7.97. The maximum atomic E-state index is 12.3. The van der Waals surface area contributed by atoms with Crippen LogP contribution in [0.5, 0.6) is 5.75 Å². The van der Waals surface area contributed by atoms with Crippen LogP contribution in [0.3, 0.4) is 0 Å². The highest BCUT2D eigenvalue weighted by molar-refractivity contribution is 5.89. The summed E-state index contributed by atoms with van der Waals surface area (Å²) in [6, 6.07) is 5.67. The quantitative estimate of drug-likeness (QED) is 0.530. The zero-order valence-electron chi connectivity index (χ0n) is 14.2. The van der Waals surface area contributed by atoms with Crippen LogP contribution in [0.25, 0.3) is 11.4 Å². The van der Waals surface area contributed by atoms with E-state index in [1.807, 2.05) is 29.7 Å². The lowest BCUT2D eigenvalue weighted by Gasteiger charge is -2.11. The number of benzene rings is 1. The van der Waals surface area contributed by atoms with Crippen LogP contribution in [0.4, 0.5) is 0 Å². The van der Waals surface area contributed by atoms with Gasteiger partial charge in [-0.15, -0.1) is 5.10 Å². The van der Waals surface area contributed by atoms with E-state index in [4.69, 9.17) is 9.47 Å². The molecule has 0 spiro atoms. The molecule has 128 valence electrons. The lowest BCUT2D eigenvalue weighted by molar-refractivity contribution is 0.0519. The van der Waals surface area contributed by atoms with E-state index in [9.17, 15) is 4.79 Å². The van der Waals surface area contributed by atoms with Crippen molar-refractivity contribution in [3.05, 3.63) is 47.3 Å². The van der Waals surface area contributed by atoms with Crippen molar-refractivity contribution in [1.82, 2.24) is 24.5 Å². The standard InChI is InChI=1S/C17H17N5O3/c1-4-25-17(23)16-15-8-13-10(2)19-20-22(13)14-7-11(24-3)5-6-12(14)21(15)9-18-16/h5-7,9H,4,8H2,1-3H3. The number of carbonyl (C=O) groups excluding carboxylic acids is 1. The average molecular weight is 339 g/mol. The summed E-state index contributed by atoms with van der Waals surface area (Å²) in [5.41, 5.74) is 4.45. The van der Waals surface area contributed by atoms with E-state index >= 15 is 0 Å². The predicted molar refractivity (Wildman–Crippen MR) is 88.5 cm³/mol. The number of rotatable bonds is 3. The zero-order chi connectivity index (χ0) is 17.6. The fraction of sp³-hybridized carbons (Fsp3) is 0.294. The number of nitrogens with zero attached hydrogens (tertiary/aromatic N) is 5. The Morgan fingerprint density at radius 1 is 1.28 bits per heavy atom. The van der Waals surface area contributed by atoms with Crippen molar-refractivity contribution in [1.29, 1.82) is 0 Å². The summed E-state index contributed by atoms with van der Waals surface area (Å²) >= 11 is 0. The van der Waals surface area contributed by atoms with Crippen LogP contribution in [-0.4, -0.2) is 44.2 Å². The van der Waals surface area contributed by atoms with Crippen LogP contribution in [0.1, 0.15) is 34.5 Å². The van der Waals surface area contributed by atoms with Gasteiger partial charge in [-0.3, -0.25) is 4.57 Å². The molecule has 0 fully saturated rings. The molecule has 0 radical (unpaired) electrons. The summed E-state index contributed by atoms with van der Waals surface area (Å²) in [6.45, 7) is 3.98. The summed E-state index contributed by atoms with van der Waals surface area (Å²) in [4.78, 5) is 16.6. The minimum absolute atomic E-state index is 0.303. The number of hydrogen-bond donors (Lipinski definition) is 0. The lowest BCUT2D eigenvalue weighted by Crippen LogP contribution is -2.10. The van der Waals surface area contributed by atoms with E-state index in [-0.39, 0.29) is 0 Å². The highest BCUT2D eigenvalue weighted by Gasteiger charge is 2.28. The highest BCUT2D eigenvalue weighted by Crippen LogP contribution is 2.32. The molecule has 3 aromatic rings. The van der Waals surface area contributed by atoms with E-state index in [2.05, 4.69) is 15.3 Å². The first-order valence-corrected chi connectivity index (χ1v) is 7.97. The van der Waals surface area contributed by atoms with Gasteiger partial charge in [0, 0.05) is 12.5 Å². The van der Waals surface area contributed by atoms with E-state index in [0.717, 1.165) is 28.5 Å². The van der Waals surface area contributed by atoms with Gasteiger partial charge in [0.2, 0.25) is 0 Å². The minimum atomic E-state index is -0.426. The number of imidazole rings is 1. The summed E-state index contributed by atoms with van der Waals surface area (Å²) in [5, 5.41) is 8.46. The van der Waals surface area contributed by atoms with Gasteiger partial charge in [0.1, 0.15) is 12.1 Å². The van der Waals surface area contributed by atoms with Crippen molar-refractivity contribution in [2.75, 3.05) is 13.7 Å². The maximum absolute atomic E-state index is 12.3. The van der Waals surface area contributed by atoms with Crippen LogP contribution >= 0.6 is 0 Å². The molecule has 0 N–H and O–H groups in total. The second-order valence-corrected chi connectivity index (χ2v) is 5.70. The van der Waals surface area contributed by atoms with Crippen LogP contribution in [0.2, 0.25) is 0 Å². The van der Waals surface area contributed by atoms with Crippen molar-refractivity contribution in [2.45, 2.75) is 20.3 Å². The molecule has 2 aromatic heterocycles. The SMILES string of the molecule is CCOC(=O)c1ncn2c1Cc1c(C)nnn1-c1cc(OC)ccc1-2. The van der Waals surface area contributed by atoms with Crippen molar-refractivity contribution >= 4 is 5.97 Å². The molecule has 0 aliphatic carbocycles. The molecule has 0 saturated carbocycles. The molecule has 0 bridgehead atoms. The normalized spacial score (nSPS) is 12.0. The van der Waals surface area contributed by atoms with E-state index in [1.54, 1.807) is 25.0 Å². The summed E-state index contributed by atoms with van der Waals surface area (Å²) < 4.78 is 14.2. The van der Waals surface area contributed by atoms with Gasteiger partial charge in [-0.25, -0.2) is 14.5 Å². The van der Waals surface area contributed by atoms with Crippen molar-refractivity contribution in [3.63, 3.8) is 0 Å². The number of esters is 1. The summed E-state index contributed by atoms with van der Waals surface area (Å²) in [6.07, 6.45) is 2.12. The van der Waals surface area contributed by atoms with Crippen LogP contribution in [-0.2, 0) is 11.2 Å². The number of fused-ring (bicyclic) bond motifs is 5. The Balaban J connectivity index is 1.98. The van der Waals surface area contributed by atoms with Gasteiger partial charge in [-0.05, 0) is 26.0 Å². The zero-order valence-corrected chi connectivity index (χ0v) is 14.2. The Hall–Kier alpha value is -3.16. The Morgan fingerprint density at radius 2 is 2.12 bits per heavy atom. The molecular weight excluding hydrogens is 322 g/mol. The fourth-order valence-corrected chi connectivity index (χ4v) is 3.06. The monoisotopic (exact) mass is 339 g/mol. The molecule has 3 heterocycles. The largest absolute Gasteiger partial charge is 0.497 e. The van der Waals surface area contributed by atoms with Crippen LogP contribution in [0, 0.1) is 6.92 Å². The molecule has 1 aromatic carbocycles. The topological polar surface area (TPSA) is 84.1 Å². The van der Waals surface area contributed by atoms with E-state index in [1.165, 1.54) is 0 Å². The molecule has 0 unspecified atom stereocenters. The molecule has 8 heteroatoms. The maximum Gasteiger partial charge on any atom is 0.358 e. The van der Waals surface area contributed by atoms with Gasteiger partial charge < -0.3 is 9.47 Å². The third-order valence-electron chi connectivity index (χ3n) is 4.30. The number of aromatic nitrogens is 5. The molecule has 25 heavy (non-hydrogen) atoms. The third-order valence-corrected chi connectivity index (χ3v) is 4.30. The van der Waals surface area contributed by atoms with Gasteiger partial charge in [-0.1, -0.05) is 5.21 Å². The summed E-state index contributed by atoms with van der Waals surface area (Å²) in [5.74, 6) is 0.289. The average Bonchev–Trinajstić information content (AvgIpc) is 3.16. The number of ether oxygens (including phenoxy) is 2. The van der Waals surface area contributed by atoms with E-state index < -0.39 is 5.97 Å². The number of aryl methyl sites for hydroxylation is 1. The molecular formula is C17H17N5O3. The van der Waals surface area contributed by atoms with Crippen molar-refractivity contribution in [2.24, 2.45) is 0 Å². The molecule has 0 atom stereocenters. The molecule has 1 aliphatic heterocycles. The van der Waals surface area contributed by atoms with Crippen molar-refractivity contribution in [3.8, 4) is 17.1 Å². The Bertz CT molecular complexity index is 973. The number of hydrogen-bond acceptors (Lipinski definition) is 6. The van der Waals surface area contributed by atoms with Gasteiger partial charge in [0.05, 0.1) is 42.2 Å². The van der Waals surface area contributed by atoms with Gasteiger partial charge in [0.25, 0.3) is 0 Å². The van der Waals surface area contributed by atoms with Gasteiger partial charge >= 0.3 is 5.97 Å². The smallest absolute Gasteiger partial charge is 0.358 e. The predicted octanol–water partition coefficient (Wildman–Crippen LogP) is 1.85. The first-order chi connectivity index (χ1) is 12.1.